The van der Waals surface area contributed by atoms with Crippen molar-refractivity contribution in [3.63, 3.8) is 0 Å². The molecule has 1 unspecified atom stereocenters. The molecule has 24 heavy (non-hydrogen) atoms. The van der Waals surface area contributed by atoms with E-state index in [9.17, 15) is 13.2 Å². The summed E-state index contributed by atoms with van der Waals surface area (Å²) < 4.78 is 29.4. The topological polar surface area (TPSA) is 110 Å². The minimum atomic E-state index is -3.64. The number of hydrogen-bond donors (Lipinski definition) is 2. The summed E-state index contributed by atoms with van der Waals surface area (Å²) in [7, 11) is -1.90. The molecule has 2 rings (SSSR count). The van der Waals surface area contributed by atoms with E-state index in [1.165, 1.54) is 4.31 Å². The molecule has 0 aliphatic carbocycles. The van der Waals surface area contributed by atoms with E-state index in [1.54, 1.807) is 25.6 Å². The van der Waals surface area contributed by atoms with E-state index in [-0.39, 0.29) is 29.8 Å². The van der Waals surface area contributed by atoms with E-state index in [4.69, 9.17) is 5.73 Å². The Morgan fingerprint density at radius 2 is 2.08 bits per heavy atom. The van der Waals surface area contributed by atoms with Crippen molar-refractivity contribution in [2.45, 2.75) is 50.5 Å². The number of piperidine rings is 1. The molecule has 0 radical (unpaired) electrons. The average molecular weight is 357 g/mol. The number of nitrogens with zero attached hydrogens (tertiary/aromatic N) is 3. The van der Waals surface area contributed by atoms with Crippen molar-refractivity contribution in [2.75, 3.05) is 19.6 Å². The van der Waals surface area contributed by atoms with Gasteiger partial charge in [0, 0.05) is 39.1 Å². The van der Waals surface area contributed by atoms with Crippen LogP contribution < -0.4 is 11.1 Å². The maximum absolute atomic E-state index is 13.2. The Hall–Kier alpha value is -1.45. The highest BCUT2D eigenvalue weighted by atomic mass is 32.2. The summed E-state index contributed by atoms with van der Waals surface area (Å²) in [6, 6.07) is -0.232. The molecule has 0 bridgehead atoms. The van der Waals surface area contributed by atoms with Crippen LogP contribution in [0.3, 0.4) is 0 Å². The van der Waals surface area contributed by atoms with Gasteiger partial charge in [-0.25, -0.2) is 8.42 Å². The van der Waals surface area contributed by atoms with Crippen molar-refractivity contribution in [1.29, 1.82) is 0 Å². The van der Waals surface area contributed by atoms with Crippen LogP contribution in [0.15, 0.2) is 4.90 Å². The molecule has 0 aromatic carbocycles. The number of sulfonamides is 1. The first-order chi connectivity index (χ1) is 11.3. The Balaban J connectivity index is 2.24. The standard InChI is InChI=1S/C15H27N5O3S/c1-11-15(12(2)19(3)18-11)24(22,23)20-9-5-4-6-13(20)10-17-14(21)7-8-16/h13H,4-10,16H2,1-3H3,(H,17,21). The summed E-state index contributed by atoms with van der Waals surface area (Å²) >= 11 is 0. The molecule has 0 spiro atoms. The molecule has 9 heteroatoms. The molecule has 3 N–H and O–H groups in total. The fourth-order valence-corrected chi connectivity index (χ4v) is 5.29. The lowest BCUT2D eigenvalue weighted by Gasteiger charge is -2.34. The lowest BCUT2D eigenvalue weighted by Crippen LogP contribution is -2.49. The number of carbonyl (C=O) groups is 1. The monoisotopic (exact) mass is 357 g/mol. The van der Waals surface area contributed by atoms with Gasteiger partial charge in [-0.2, -0.15) is 9.40 Å². The van der Waals surface area contributed by atoms with Crippen LogP contribution in [0.25, 0.3) is 0 Å². The number of nitrogens with two attached hydrogens (primary N) is 1. The maximum Gasteiger partial charge on any atom is 0.247 e. The predicted molar refractivity (Wildman–Crippen MR) is 90.9 cm³/mol. The largest absolute Gasteiger partial charge is 0.354 e. The quantitative estimate of drug-likeness (QED) is 0.747. The lowest BCUT2D eigenvalue weighted by molar-refractivity contribution is -0.121. The van der Waals surface area contributed by atoms with Gasteiger partial charge in [-0.3, -0.25) is 9.48 Å². The van der Waals surface area contributed by atoms with Crippen molar-refractivity contribution < 1.29 is 13.2 Å². The maximum atomic E-state index is 13.2. The zero-order chi connectivity index (χ0) is 17.9. The number of rotatable bonds is 6. The SMILES string of the molecule is Cc1nn(C)c(C)c1S(=O)(=O)N1CCCCC1CNC(=O)CCN. The van der Waals surface area contributed by atoms with Crippen molar-refractivity contribution in [2.24, 2.45) is 12.8 Å². The summed E-state index contributed by atoms with van der Waals surface area (Å²) in [4.78, 5) is 11.9. The zero-order valence-corrected chi connectivity index (χ0v) is 15.4. The van der Waals surface area contributed by atoms with Crippen molar-refractivity contribution >= 4 is 15.9 Å². The van der Waals surface area contributed by atoms with Crippen molar-refractivity contribution in [3.8, 4) is 0 Å². The number of aromatic nitrogens is 2. The second-order valence-corrected chi connectivity index (χ2v) is 8.06. The lowest BCUT2D eigenvalue weighted by atomic mass is 10.1. The Bertz CT molecular complexity index is 698. The fraction of sp³-hybridized carbons (Fsp3) is 0.733. The third-order valence-corrected chi connectivity index (χ3v) is 6.69. The second kappa shape index (κ2) is 7.62. The van der Waals surface area contributed by atoms with Crippen molar-refractivity contribution in [1.82, 2.24) is 19.4 Å². The van der Waals surface area contributed by atoms with Crippen LogP contribution in [0.1, 0.15) is 37.1 Å². The molecule has 1 aromatic rings. The van der Waals surface area contributed by atoms with Gasteiger partial charge < -0.3 is 11.1 Å². The van der Waals surface area contributed by atoms with Gasteiger partial charge in [-0.15, -0.1) is 0 Å². The summed E-state index contributed by atoms with van der Waals surface area (Å²) in [5, 5.41) is 7.02. The van der Waals surface area contributed by atoms with E-state index in [0.717, 1.165) is 19.3 Å². The second-order valence-electron chi connectivity index (χ2n) is 6.23. The highest BCUT2D eigenvalue weighted by molar-refractivity contribution is 7.89. The first-order valence-electron chi connectivity index (χ1n) is 8.27. The van der Waals surface area contributed by atoms with Crippen LogP contribution in [0, 0.1) is 13.8 Å². The van der Waals surface area contributed by atoms with Gasteiger partial charge in [0.2, 0.25) is 15.9 Å². The number of aryl methyl sites for hydroxylation is 2. The molecule has 1 atom stereocenters. The van der Waals surface area contributed by atoms with Crippen LogP contribution >= 0.6 is 0 Å². The van der Waals surface area contributed by atoms with Crippen LogP contribution in [0.2, 0.25) is 0 Å². The number of nitrogens with one attached hydrogen (secondary N) is 1. The Labute approximate surface area is 143 Å². The molecule has 136 valence electrons. The van der Waals surface area contributed by atoms with Gasteiger partial charge in [0.1, 0.15) is 4.90 Å². The first-order valence-corrected chi connectivity index (χ1v) is 9.71. The van der Waals surface area contributed by atoms with Gasteiger partial charge in [0.15, 0.2) is 0 Å². The molecular weight excluding hydrogens is 330 g/mol. The van der Waals surface area contributed by atoms with Gasteiger partial charge in [-0.1, -0.05) is 6.42 Å². The predicted octanol–water partition coefficient (Wildman–Crippen LogP) is 0.0451. The van der Waals surface area contributed by atoms with Crippen LogP contribution in [0.4, 0.5) is 0 Å². The van der Waals surface area contributed by atoms with Gasteiger partial charge in [0.05, 0.1) is 11.4 Å². The van der Waals surface area contributed by atoms with E-state index >= 15 is 0 Å². The van der Waals surface area contributed by atoms with E-state index in [2.05, 4.69) is 10.4 Å². The molecule has 1 aliphatic rings. The number of amides is 1. The minimum Gasteiger partial charge on any atom is -0.354 e. The van der Waals surface area contributed by atoms with E-state index < -0.39 is 10.0 Å². The molecule has 1 fully saturated rings. The van der Waals surface area contributed by atoms with Gasteiger partial charge in [-0.05, 0) is 26.7 Å². The number of hydrogen-bond acceptors (Lipinski definition) is 5. The first kappa shape index (κ1) is 18.9. The van der Waals surface area contributed by atoms with E-state index in [1.807, 2.05) is 0 Å². The molecular formula is C15H27N5O3S. The summed E-state index contributed by atoms with van der Waals surface area (Å²) in [5.41, 5.74) is 6.50. The van der Waals surface area contributed by atoms with Crippen LogP contribution in [0.5, 0.6) is 0 Å². The highest BCUT2D eigenvalue weighted by Gasteiger charge is 2.36. The van der Waals surface area contributed by atoms with Gasteiger partial charge in [0.25, 0.3) is 0 Å². The summed E-state index contributed by atoms with van der Waals surface area (Å²) in [5.74, 6) is -0.144. The average Bonchev–Trinajstić information content (AvgIpc) is 2.79. The fourth-order valence-electron chi connectivity index (χ4n) is 3.19. The van der Waals surface area contributed by atoms with Crippen molar-refractivity contribution in [3.05, 3.63) is 11.4 Å². The van der Waals surface area contributed by atoms with Gasteiger partial charge >= 0.3 is 0 Å². The molecule has 0 saturated carbocycles. The minimum absolute atomic E-state index is 0.144. The summed E-state index contributed by atoms with van der Waals surface area (Å²) in [6.45, 7) is 4.53. The summed E-state index contributed by atoms with van der Waals surface area (Å²) in [6.07, 6.45) is 2.76. The molecule has 1 aliphatic heterocycles. The zero-order valence-electron chi connectivity index (χ0n) is 14.6. The van der Waals surface area contributed by atoms with Crippen LogP contribution in [-0.4, -0.2) is 54.1 Å². The molecule has 1 amide bonds. The smallest absolute Gasteiger partial charge is 0.247 e. The highest BCUT2D eigenvalue weighted by Crippen LogP contribution is 2.28. The Morgan fingerprint density at radius 1 is 1.38 bits per heavy atom. The normalized spacial score (nSPS) is 19.4. The Kier molecular flexibility index (Phi) is 6.00. The van der Waals surface area contributed by atoms with E-state index in [0.29, 0.717) is 24.5 Å². The third-order valence-electron chi connectivity index (χ3n) is 4.49. The molecule has 2 heterocycles. The molecule has 1 saturated heterocycles. The third kappa shape index (κ3) is 3.79. The number of carbonyl (C=O) groups excluding carboxylic acids is 1. The van der Waals surface area contributed by atoms with Crippen LogP contribution in [-0.2, 0) is 21.9 Å². The molecule has 1 aromatic heterocycles. The Morgan fingerprint density at radius 3 is 2.67 bits per heavy atom. The molecule has 8 nitrogen and oxygen atoms in total.